The van der Waals surface area contributed by atoms with Crippen molar-refractivity contribution in [2.75, 3.05) is 18.0 Å². The second-order valence-corrected chi connectivity index (χ2v) is 6.45. The van der Waals surface area contributed by atoms with Gasteiger partial charge in [-0.2, -0.15) is 0 Å². The molecular formula is C21H24N2O2. The minimum absolute atomic E-state index is 0.0208. The van der Waals surface area contributed by atoms with Crippen molar-refractivity contribution < 1.29 is 9.59 Å². The SMILES string of the molecule is CCc1ccc(N2C[C@@H](C(=O)NCCc3ccccc3)CC2=O)cc1. The average molecular weight is 336 g/mol. The number of rotatable bonds is 6. The van der Waals surface area contributed by atoms with Gasteiger partial charge in [0.1, 0.15) is 0 Å². The molecule has 1 fully saturated rings. The van der Waals surface area contributed by atoms with Crippen molar-refractivity contribution in [3.8, 4) is 0 Å². The second kappa shape index (κ2) is 7.97. The molecule has 25 heavy (non-hydrogen) atoms. The van der Waals surface area contributed by atoms with Crippen LogP contribution in [0.25, 0.3) is 0 Å². The van der Waals surface area contributed by atoms with Crippen LogP contribution in [-0.4, -0.2) is 24.9 Å². The van der Waals surface area contributed by atoms with Gasteiger partial charge >= 0.3 is 0 Å². The first kappa shape index (κ1) is 17.2. The number of hydrogen-bond donors (Lipinski definition) is 1. The fraction of sp³-hybridized carbons (Fsp3) is 0.333. The summed E-state index contributed by atoms with van der Waals surface area (Å²) in [6.07, 6.45) is 2.06. The van der Waals surface area contributed by atoms with Crippen LogP contribution in [0, 0.1) is 5.92 Å². The van der Waals surface area contributed by atoms with Gasteiger partial charge in [-0.3, -0.25) is 9.59 Å². The van der Waals surface area contributed by atoms with Gasteiger partial charge in [-0.05, 0) is 36.1 Å². The standard InChI is InChI=1S/C21H24N2O2/c1-2-16-8-10-19(11-9-16)23-15-18(14-20(23)24)21(25)22-13-12-17-6-4-3-5-7-17/h3-11,18H,2,12-15H2,1H3,(H,22,25)/t18-/m0/s1. The molecule has 1 aliphatic heterocycles. The Hall–Kier alpha value is -2.62. The van der Waals surface area contributed by atoms with Gasteiger partial charge in [-0.15, -0.1) is 0 Å². The van der Waals surface area contributed by atoms with Gasteiger partial charge in [0.05, 0.1) is 5.92 Å². The first-order chi connectivity index (χ1) is 12.2. The van der Waals surface area contributed by atoms with Crippen LogP contribution in [0.2, 0.25) is 0 Å². The third-order valence-electron chi connectivity index (χ3n) is 4.71. The second-order valence-electron chi connectivity index (χ2n) is 6.45. The van der Waals surface area contributed by atoms with E-state index in [1.165, 1.54) is 11.1 Å². The molecular weight excluding hydrogens is 312 g/mol. The molecule has 0 saturated carbocycles. The van der Waals surface area contributed by atoms with Crippen molar-refractivity contribution in [3.05, 3.63) is 65.7 Å². The summed E-state index contributed by atoms with van der Waals surface area (Å²) in [5.74, 6) is -0.279. The first-order valence-corrected chi connectivity index (χ1v) is 8.88. The number of nitrogens with one attached hydrogen (secondary N) is 1. The zero-order valence-electron chi connectivity index (χ0n) is 14.6. The molecule has 0 spiro atoms. The lowest BCUT2D eigenvalue weighted by atomic mass is 10.1. The summed E-state index contributed by atoms with van der Waals surface area (Å²) in [5.41, 5.74) is 3.32. The van der Waals surface area contributed by atoms with Crippen LogP contribution in [0.4, 0.5) is 5.69 Å². The van der Waals surface area contributed by atoms with E-state index in [0.717, 1.165) is 18.5 Å². The monoisotopic (exact) mass is 336 g/mol. The molecule has 2 aromatic carbocycles. The maximum atomic E-state index is 12.4. The molecule has 1 N–H and O–H groups in total. The van der Waals surface area contributed by atoms with Crippen LogP contribution >= 0.6 is 0 Å². The fourth-order valence-corrected chi connectivity index (χ4v) is 3.16. The van der Waals surface area contributed by atoms with Crippen LogP contribution in [-0.2, 0) is 22.4 Å². The number of carbonyl (C=O) groups excluding carboxylic acids is 2. The van der Waals surface area contributed by atoms with Crippen LogP contribution in [0.1, 0.15) is 24.5 Å². The molecule has 1 aliphatic rings. The fourth-order valence-electron chi connectivity index (χ4n) is 3.16. The van der Waals surface area contributed by atoms with Crippen LogP contribution in [0.15, 0.2) is 54.6 Å². The molecule has 1 atom stereocenters. The molecule has 1 heterocycles. The minimum atomic E-state index is -0.269. The summed E-state index contributed by atoms with van der Waals surface area (Å²) in [6.45, 7) is 3.16. The Balaban J connectivity index is 1.53. The lowest BCUT2D eigenvalue weighted by Gasteiger charge is -2.17. The highest BCUT2D eigenvalue weighted by Crippen LogP contribution is 2.25. The molecule has 0 aliphatic carbocycles. The summed E-state index contributed by atoms with van der Waals surface area (Å²) >= 11 is 0. The molecule has 0 unspecified atom stereocenters. The summed E-state index contributed by atoms with van der Waals surface area (Å²) in [6, 6.07) is 18.1. The third-order valence-corrected chi connectivity index (χ3v) is 4.71. The smallest absolute Gasteiger partial charge is 0.227 e. The van der Waals surface area contributed by atoms with Crippen LogP contribution in [0.3, 0.4) is 0 Å². The normalized spacial score (nSPS) is 16.9. The molecule has 0 aromatic heterocycles. The van der Waals surface area contributed by atoms with Gasteiger partial charge in [0.2, 0.25) is 11.8 Å². The summed E-state index contributed by atoms with van der Waals surface area (Å²) in [7, 11) is 0. The van der Waals surface area contributed by atoms with E-state index in [1.807, 2.05) is 54.6 Å². The highest BCUT2D eigenvalue weighted by atomic mass is 16.2. The lowest BCUT2D eigenvalue weighted by Crippen LogP contribution is -2.34. The van der Waals surface area contributed by atoms with Gasteiger partial charge < -0.3 is 10.2 Å². The zero-order chi connectivity index (χ0) is 17.6. The molecule has 130 valence electrons. The highest BCUT2D eigenvalue weighted by molar-refractivity contribution is 6.00. The number of anilines is 1. The number of nitrogens with zero attached hydrogens (tertiary/aromatic N) is 1. The third kappa shape index (κ3) is 4.27. The van der Waals surface area contributed by atoms with Gasteiger partial charge in [-0.1, -0.05) is 49.4 Å². The molecule has 0 bridgehead atoms. The largest absolute Gasteiger partial charge is 0.355 e. The van der Waals surface area contributed by atoms with Gasteiger partial charge in [0.25, 0.3) is 0 Å². The van der Waals surface area contributed by atoms with E-state index in [2.05, 4.69) is 12.2 Å². The lowest BCUT2D eigenvalue weighted by molar-refractivity contribution is -0.126. The van der Waals surface area contributed by atoms with Crippen molar-refractivity contribution in [2.24, 2.45) is 5.92 Å². The van der Waals surface area contributed by atoms with E-state index in [0.29, 0.717) is 13.1 Å². The molecule has 1 saturated heterocycles. The Morgan fingerprint density at radius 1 is 1.08 bits per heavy atom. The van der Waals surface area contributed by atoms with Crippen LogP contribution in [0.5, 0.6) is 0 Å². The van der Waals surface area contributed by atoms with Gasteiger partial charge in [0, 0.05) is 25.2 Å². The quantitative estimate of drug-likeness (QED) is 0.882. The maximum absolute atomic E-state index is 12.4. The number of aryl methyl sites for hydroxylation is 1. The van der Waals surface area contributed by atoms with Gasteiger partial charge in [0.15, 0.2) is 0 Å². The Labute approximate surface area is 148 Å². The topological polar surface area (TPSA) is 49.4 Å². The number of hydrogen-bond acceptors (Lipinski definition) is 2. The summed E-state index contributed by atoms with van der Waals surface area (Å²) < 4.78 is 0. The molecule has 2 amide bonds. The molecule has 2 aromatic rings. The van der Waals surface area contributed by atoms with E-state index in [4.69, 9.17) is 0 Å². The molecule has 4 heteroatoms. The van der Waals surface area contributed by atoms with Crippen molar-refractivity contribution in [1.82, 2.24) is 5.32 Å². The van der Waals surface area contributed by atoms with Crippen molar-refractivity contribution in [3.63, 3.8) is 0 Å². The van der Waals surface area contributed by atoms with E-state index < -0.39 is 0 Å². The van der Waals surface area contributed by atoms with Gasteiger partial charge in [-0.25, -0.2) is 0 Å². The number of carbonyl (C=O) groups is 2. The van der Waals surface area contributed by atoms with E-state index >= 15 is 0 Å². The minimum Gasteiger partial charge on any atom is -0.355 e. The highest BCUT2D eigenvalue weighted by Gasteiger charge is 2.34. The summed E-state index contributed by atoms with van der Waals surface area (Å²) in [4.78, 5) is 26.4. The molecule has 4 nitrogen and oxygen atoms in total. The average Bonchev–Trinajstić information content (AvgIpc) is 3.04. The first-order valence-electron chi connectivity index (χ1n) is 8.88. The Bertz CT molecular complexity index is 725. The maximum Gasteiger partial charge on any atom is 0.227 e. The summed E-state index contributed by atoms with van der Waals surface area (Å²) in [5, 5.41) is 2.97. The van der Waals surface area contributed by atoms with Crippen molar-refractivity contribution >= 4 is 17.5 Å². The predicted octanol–water partition coefficient (Wildman–Crippen LogP) is 2.96. The number of amides is 2. The number of benzene rings is 2. The Morgan fingerprint density at radius 2 is 1.80 bits per heavy atom. The molecule has 0 radical (unpaired) electrons. The van der Waals surface area contributed by atoms with Crippen LogP contribution < -0.4 is 10.2 Å². The Kier molecular flexibility index (Phi) is 5.49. The molecule has 3 rings (SSSR count). The van der Waals surface area contributed by atoms with E-state index in [-0.39, 0.29) is 24.2 Å². The Morgan fingerprint density at radius 3 is 2.48 bits per heavy atom. The van der Waals surface area contributed by atoms with E-state index in [1.54, 1.807) is 4.90 Å². The zero-order valence-corrected chi connectivity index (χ0v) is 14.6. The van der Waals surface area contributed by atoms with Crippen molar-refractivity contribution in [1.29, 1.82) is 0 Å². The van der Waals surface area contributed by atoms with E-state index in [9.17, 15) is 9.59 Å². The van der Waals surface area contributed by atoms with Crippen molar-refractivity contribution in [2.45, 2.75) is 26.2 Å². The predicted molar refractivity (Wildman–Crippen MR) is 99.4 cm³/mol.